The molecule has 2 saturated heterocycles. The number of hydrogen-bond acceptors (Lipinski definition) is 6. The minimum Gasteiger partial charge on any atom is -0.378 e. The van der Waals surface area contributed by atoms with Gasteiger partial charge in [-0.1, -0.05) is 91.0 Å². The quantitative estimate of drug-likeness (QED) is 0.128. The van der Waals surface area contributed by atoms with Gasteiger partial charge in [-0.3, -0.25) is 14.5 Å². The summed E-state index contributed by atoms with van der Waals surface area (Å²) >= 11 is 0. The smallest absolute Gasteiger partial charge is 0.247 e. The van der Waals surface area contributed by atoms with Gasteiger partial charge < -0.3 is 24.7 Å². The number of hydrogen-bond donors (Lipinski definition) is 2. The fourth-order valence-corrected chi connectivity index (χ4v) is 8.22. The Balaban J connectivity index is 0.904. The highest BCUT2D eigenvalue weighted by Crippen LogP contribution is 2.36. The van der Waals surface area contributed by atoms with Crippen molar-refractivity contribution in [3.63, 3.8) is 0 Å². The van der Waals surface area contributed by atoms with Crippen LogP contribution in [0.1, 0.15) is 66.6 Å². The molecule has 0 aliphatic carbocycles. The van der Waals surface area contributed by atoms with Crippen LogP contribution in [0.2, 0.25) is 0 Å². The van der Waals surface area contributed by atoms with E-state index in [1.807, 2.05) is 104 Å². The van der Waals surface area contributed by atoms with Crippen LogP contribution in [0.5, 0.6) is 0 Å². The molecule has 4 heterocycles. The summed E-state index contributed by atoms with van der Waals surface area (Å²) in [6.45, 7) is 1.43. The van der Waals surface area contributed by atoms with Crippen molar-refractivity contribution < 1.29 is 9.59 Å². The third kappa shape index (κ3) is 8.04. The molecular weight excluding hydrogens is 709 g/mol. The number of H-pyrrole nitrogens is 2. The van der Waals surface area contributed by atoms with Gasteiger partial charge in [0, 0.05) is 38.9 Å². The van der Waals surface area contributed by atoms with Gasteiger partial charge in [0.25, 0.3) is 0 Å². The van der Waals surface area contributed by atoms with E-state index in [1.54, 1.807) is 6.08 Å². The molecule has 0 radical (unpaired) electrons. The topological polar surface area (TPSA) is 104 Å². The van der Waals surface area contributed by atoms with E-state index in [2.05, 4.69) is 75.5 Å². The first kappa shape index (κ1) is 37.7. The highest BCUT2D eigenvalue weighted by molar-refractivity contribution is 5.92. The average Bonchev–Trinajstić information content (AvgIpc) is 4.08. The van der Waals surface area contributed by atoms with Gasteiger partial charge in [-0.2, -0.15) is 0 Å². The summed E-state index contributed by atoms with van der Waals surface area (Å²) in [5, 5.41) is 0. The summed E-state index contributed by atoms with van der Waals surface area (Å²) in [5.41, 5.74) is 9.28. The predicted octanol–water partition coefficient (Wildman–Crippen LogP) is 8.54. The number of likely N-dealkylation sites (N-methyl/N-ethyl adjacent to an activating group) is 1. The van der Waals surface area contributed by atoms with Crippen molar-refractivity contribution in [2.24, 2.45) is 0 Å². The molecular formula is C47H50N8O2. The zero-order valence-corrected chi connectivity index (χ0v) is 33.1. The second-order valence-electron chi connectivity index (χ2n) is 15.5. The van der Waals surface area contributed by atoms with E-state index < -0.39 is 0 Å². The monoisotopic (exact) mass is 758 g/mol. The number of carbonyl (C=O) groups is 2. The lowest BCUT2D eigenvalue weighted by atomic mass is 10.0. The summed E-state index contributed by atoms with van der Waals surface area (Å²) < 4.78 is 0. The Bertz CT molecular complexity index is 2330. The van der Waals surface area contributed by atoms with Gasteiger partial charge in [-0.15, -0.1) is 0 Å². The largest absolute Gasteiger partial charge is 0.378 e. The normalized spacial score (nSPS) is 17.5. The van der Waals surface area contributed by atoms with Crippen molar-refractivity contribution in [3.8, 4) is 33.6 Å². The molecule has 290 valence electrons. The number of nitrogens with one attached hydrogen (secondary N) is 2. The third-order valence-corrected chi connectivity index (χ3v) is 11.3. The van der Waals surface area contributed by atoms with Crippen molar-refractivity contribution in [2.75, 3.05) is 46.2 Å². The summed E-state index contributed by atoms with van der Waals surface area (Å²) in [6.07, 6.45) is 11.0. The van der Waals surface area contributed by atoms with E-state index in [1.165, 1.54) is 0 Å². The van der Waals surface area contributed by atoms with Crippen molar-refractivity contribution in [2.45, 2.75) is 43.8 Å². The van der Waals surface area contributed by atoms with Crippen LogP contribution in [-0.2, 0) is 9.59 Å². The zero-order valence-electron chi connectivity index (χ0n) is 33.1. The molecule has 10 nitrogen and oxygen atoms in total. The average molecular weight is 759 g/mol. The van der Waals surface area contributed by atoms with Crippen LogP contribution in [0.25, 0.3) is 39.7 Å². The van der Waals surface area contributed by atoms with E-state index in [4.69, 9.17) is 9.97 Å². The number of aromatic nitrogens is 4. The van der Waals surface area contributed by atoms with Crippen LogP contribution in [0.15, 0.2) is 122 Å². The van der Waals surface area contributed by atoms with Crippen LogP contribution in [0.4, 0.5) is 5.69 Å². The Hall–Kier alpha value is -6.26. The van der Waals surface area contributed by atoms with Gasteiger partial charge in [-0.25, -0.2) is 9.97 Å². The predicted molar refractivity (Wildman–Crippen MR) is 227 cm³/mol. The molecule has 10 heteroatoms. The third-order valence-electron chi connectivity index (χ3n) is 11.3. The molecule has 4 aromatic carbocycles. The molecule has 2 fully saturated rings. The van der Waals surface area contributed by atoms with Gasteiger partial charge >= 0.3 is 0 Å². The van der Waals surface area contributed by atoms with Crippen LogP contribution < -0.4 is 4.90 Å². The number of likely N-dealkylation sites (tertiary alicyclic amines) is 2. The Morgan fingerprint density at radius 2 is 1.18 bits per heavy atom. The van der Waals surface area contributed by atoms with Crippen LogP contribution in [0, 0.1) is 0 Å². The second-order valence-corrected chi connectivity index (χ2v) is 15.5. The lowest BCUT2D eigenvalue weighted by Crippen LogP contribution is -2.40. The highest BCUT2D eigenvalue weighted by atomic mass is 16.2. The Kier molecular flexibility index (Phi) is 10.9. The van der Waals surface area contributed by atoms with Crippen LogP contribution in [0.3, 0.4) is 0 Å². The van der Waals surface area contributed by atoms with E-state index in [0.29, 0.717) is 6.54 Å². The number of benzene rings is 4. The number of imidazole rings is 2. The van der Waals surface area contributed by atoms with Crippen LogP contribution in [-0.4, -0.2) is 87.7 Å². The van der Waals surface area contributed by atoms with Gasteiger partial charge in [0.1, 0.15) is 17.7 Å². The summed E-state index contributed by atoms with van der Waals surface area (Å²) in [4.78, 5) is 51.7. The summed E-state index contributed by atoms with van der Waals surface area (Å²) in [7, 11) is 7.95. The fraction of sp³-hybridized carbons (Fsp3) is 0.277. The maximum absolute atomic E-state index is 13.9. The maximum Gasteiger partial charge on any atom is 0.247 e. The van der Waals surface area contributed by atoms with Crippen molar-refractivity contribution in [1.82, 2.24) is 34.6 Å². The fourth-order valence-electron chi connectivity index (χ4n) is 8.22. The molecule has 2 aliphatic rings. The Morgan fingerprint density at radius 1 is 0.667 bits per heavy atom. The van der Waals surface area contributed by atoms with Crippen molar-refractivity contribution in [1.29, 1.82) is 0 Å². The van der Waals surface area contributed by atoms with Crippen molar-refractivity contribution >= 4 is 23.6 Å². The minimum absolute atomic E-state index is 0.000239. The van der Waals surface area contributed by atoms with E-state index in [-0.39, 0.29) is 29.9 Å². The second kappa shape index (κ2) is 16.5. The zero-order chi connectivity index (χ0) is 39.5. The van der Waals surface area contributed by atoms with E-state index in [0.717, 1.165) is 94.3 Å². The number of anilines is 1. The van der Waals surface area contributed by atoms with Crippen LogP contribution >= 0.6 is 0 Å². The lowest BCUT2D eigenvalue weighted by molar-refractivity contribution is -0.137. The first-order valence-electron chi connectivity index (χ1n) is 19.8. The molecule has 3 atom stereocenters. The van der Waals surface area contributed by atoms with Gasteiger partial charge in [-0.05, 0) is 91.4 Å². The molecule has 2 aromatic heterocycles. The maximum atomic E-state index is 13.9. The SMILES string of the molecule is CN(C)c1ccc(C=CC(=O)N2CCC[C@H]2c2ncc(-c3ccc(-c4ccc(-c5cnc([C@@H]6CCCN6C(=O)[C@@H](c6ccccc6)N(C)C)[nH]5)cc4)cc3)[nH]2)cc1. The highest BCUT2D eigenvalue weighted by Gasteiger charge is 2.37. The molecule has 8 rings (SSSR count). The summed E-state index contributed by atoms with van der Waals surface area (Å²) in [5.74, 6) is 1.75. The number of nitrogens with zero attached hydrogens (tertiary/aromatic N) is 6. The molecule has 2 aliphatic heterocycles. The van der Waals surface area contributed by atoms with Gasteiger partial charge in [0.15, 0.2) is 0 Å². The molecule has 6 aromatic rings. The Labute approximate surface area is 334 Å². The standard InChI is InChI=1S/C47H50N8O2/c1-52(2)38-25-14-32(15-26-38)16-27-43(56)54-28-8-12-41(54)45-48-30-39(50-45)35-21-17-33(18-22-35)34-19-23-36(24-20-34)40-31-49-46(51-40)42-13-9-29-55(42)47(57)44(53(3)4)37-10-6-5-7-11-37/h5-7,10-11,14-27,30-31,41-42,44H,8-9,12-13,28-29H2,1-4H3,(H,48,50)(H,49,51)/t41-,42-,44+/m0/s1. The number of amides is 2. The minimum atomic E-state index is -0.342. The van der Waals surface area contributed by atoms with Gasteiger partial charge in [0.05, 0.1) is 35.9 Å². The molecule has 0 saturated carbocycles. The lowest BCUT2D eigenvalue weighted by Gasteiger charge is -2.31. The van der Waals surface area contributed by atoms with Crippen molar-refractivity contribution in [3.05, 3.63) is 144 Å². The molecule has 2 N–H and O–H groups in total. The first-order chi connectivity index (χ1) is 27.7. The molecule has 0 bridgehead atoms. The molecule has 2 amide bonds. The number of aromatic amines is 2. The number of rotatable bonds is 11. The molecule has 0 spiro atoms. The van der Waals surface area contributed by atoms with E-state index in [9.17, 15) is 9.59 Å². The molecule has 0 unspecified atom stereocenters. The van der Waals surface area contributed by atoms with E-state index >= 15 is 0 Å². The first-order valence-corrected chi connectivity index (χ1v) is 19.8. The number of carbonyl (C=O) groups excluding carboxylic acids is 2. The van der Waals surface area contributed by atoms with Gasteiger partial charge in [0.2, 0.25) is 11.8 Å². The molecule has 57 heavy (non-hydrogen) atoms. The summed E-state index contributed by atoms with van der Waals surface area (Å²) in [6, 6.07) is 34.6. The Morgan fingerprint density at radius 3 is 1.70 bits per heavy atom.